The van der Waals surface area contributed by atoms with Crippen molar-refractivity contribution < 1.29 is 9.53 Å². The van der Waals surface area contributed by atoms with Gasteiger partial charge in [-0.15, -0.1) is 11.3 Å². The highest BCUT2D eigenvalue weighted by Crippen LogP contribution is 2.23. The standard InChI is InChI=1S/C20H17Cl2NO2S/c1-13-8-16(6-7-17(13)21)25-11-14-9-19(26-12-14)20(24)23-10-15-4-2-3-5-18(15)22/h2-9,12H,10-11H2,1H3,(H,23,24). The summed E-state index contributed by atoms with van der Waals surface area (Å²) in [5.74, 6) is 0.631. The Morgan fingerprint density at radius 1 is 1.12 bits per heavy atom. The first kappa shape index (κ1) is 18.8. The van der Waals surface area contributed by atoms with E-state index >= 15 is 0 Å². The molecule has 3 rings (SSSR count). The van der Waals surface area contributed by atoms with E-state index in [2.05, 4.69) is 5.32 Å². The molecular weight excluding hydrogens is 389 g/mol. The van der Waals surface area contributed by atoms with Gasteiger partial charge in [0.2, 0.25) is 0 Å². The molecule has 0 aliphatic rings. The first-order chi connectivity index (χ1) is 12.5. The maximum Gasteiger partial charge on any atom is 0.261 e. The Labute approximate surface area is 166 Å². The van der Waals surface area contributed by atoms with Crippen LogP contribution in [0, 0.1) is 6.92 Å². The Morgan fingerprint density at radius 3 is 2.69 bits per heavy atom. The number of nitrogens with one attached hydrogen (secondary N) is 1. The summed E-state index contributed by atoms with van der Waals surface area (Å²) in [7, 11) is 0. The Balaban J connectivity index is 1.56. The zero-order chi connectivity index (χ0) is 18.5. The first-order valence-electron chi connectivity index (χ1n) is 8.01. The molecule has 3 aromatic rings. The minimum absolute atomic E-state index is 0.122. The number of hydrogen-bond acceptors (Lipinski definition) is 3. The number of hydrogen-bond donors (Lipinski definition) is 1. The van der Waals surface area contributed by atoms with Crippen LogP contribution < -0.4 is 10.1 Å². The van der Waals surface area contributed by atoms with Crippen molar-refractivity contribution in [3.05, 3.63) is 85.5 Å². The van der Waals surface area contributed by atoms with Gasteiger partial charge < -0.3 is 10.1 Å². The molecule has 1 N–H and O–H groups in total. The molecule has 1 heterocycles. The van der Waals surface area contributed by atoms with Gasteiger partial charge in [0.1, 0.15) is 12.4 Å². The van der Waals surface area contributed by atoms with Crippen LogP contribution in [0.2, 0.25) is 10.0 Å². The molecule has 0 unspecified atom stereocenters. The van der Waals surface area contributed by atoms with Gasteiger partial charge in [-0.3, -0.25) is 4.79 Å². The Bertz CT molecular complexity index is 924. The van der Waals surface area contributed by atoms with Crippen LogP contribution in [-0.4, -0.2) is 5.91 Å². The summed E-state index contributed by atoms with van der Waals surface area (Å²) < 4.78 is 5.76. The predicted molar refractivity (Wildman–Crippen MR) is 107 cm³/mol. The second-order valence-electron chi connectivity index (χ2n) is 5.79. The van der Waals surface area contributed by atoms with Gasteiger partial charge in [0.15, 0.2) is 0 Å². The van der Waals surface area contributed by atoms with E-state index in [-0.39, 0.29) is 5.91 Å². The van der Waals surface area contributed by atoms with Crippen molar-refractivity contribution in [1.82, 2.24) is 5.32 Å². The number of rotatable bonds is 6. The molecule has 6 heteroatoms. The summed E-state index contributed by atoms with van der Waals surface area (Å²) in [5, 5.41) is 6.17. The molecule has 1 amide bonds. The molecule has 0 saturated carbocycles. The zero-order valence-corrected chi connectivity index (χ0v) is 16.4. The molecule has 0 spiro atoms. The first-order valence-corrected chi connectivity index (χ1v) is 9.64. The van der Waals surface area contributed by atoms with Gasteiger partial charge in [0.05, 0.1) is 4.88 Å². The molecule has 0 atom stereocenters. The van der Waals surface area contributed by atoms with Gasteiger partial charge in [-0.25, -0.2) is 0 Å². The maximum absolute atomic E-state index is 12.3. The third-order valence-electron chi connectivity index (χ3n) is 3.81. The highest BCUT2D eigenvalue weighted by molar-refractivity contribution is 7.12. The lowest BCUT2D eigenvalue weighted by molar-refractivity contribution is 0.0955. The summed E-state index contributed by atoms with van der Waals surface area (Å²) in [6.07, 6.45) is 0. The fourth-order valence-electron chi connectivity index (χ4n) is 2.35. The number of thiophene rings is 1. The molecule has 0 saturated heterocycles. The predicted octanol–water partition coefficient (Wildman–Crippen LogP) is 5.87. The fourth-order valence-corrected chi connectivity index (χ4v) is 3.48. The molecule has 26 heavy (non-hydrogen) atoms. The monoisotopic (exact) mass is 405 g/mol. The zero-order valence-electron chi connectivity index (χ0n) is 14.1. The highest BCUT2D eigenvalue weighted by atomic mass is 35.5. The van der Waals surface area contributed by atoms with Crippen molar-refractivity contribution >= 4 is 40.4 Å². The van der Waals surface area contributed by atoms with Crippen LogP contribution >= 0.6 is 34.5 Å². The molecule has 134 valence electrons. The van der Waals surface area contributed by atoms with Crippen LogP contribution in [0.1, 0.15) is 26.4 Å². The molecule has 2 aromatic carbocycles. The lowest BCUT2D eigenvalue weighted by atomic mass is 10.2. The van der Waals surface area contributed by atoms with Crippen molar-refractivity contribution in [1.29, 1.82) is 0 Å². The molecule has 0 bridgehead atoms. The van der Waals surface area contributed by atoms with E-state index < -0.39 is 0 Å². The van der Waals surface area contributed by atoms with E-state index in [1.165, 1.54) is 11.3 Å². The maximum atomic E-state index is 12.3. The summed E-state index contributed by atoms with van der Waals surface area (Å²) in [5.41, 5.74) is 2.81. The van der Waals surface area contributed by atoms with Crippen molar-refractivity contribution in [2.75, 3.05) is 0 Å². The molecular formula is C20H17Cl2NO2S. The van der Waals surface area contributed by atoms with Crippen molar-refractivity contribution in [3.8, 4) is 5.75 Å². The minimum Gasteiger partial charge on any atom is -0.489 e. The summed E-state index contributed by atoms with van der Waals surface area (Å²) in [6.45, 7) is 2.73. The molecule has 0 aliphatic heterocycles. The van der Waals surface area contributed by atoms with Gasteiger partial charge in [-0.1, -0.05) is 41.4 Å². The average Bonchev–Trinajstić information content (AvgIpc) is 3.11. The van der Waals surface area contributed by atoms with Crippen LogP contribution in [-0.2, 0) is 13.2 Å². The lowest BCUT2D eigenvalue weighted by Crippen LogP contribution is -2.21. The SMILES string of the molecule is Cc1cc(OCc2csc(C(=O)NCc3ccccc3Cl)c2)ccc1Cl. The second-order valence-corrected chi connectivity index (χ2v) is 7.52. The summed E-state index contributed by atoms with van der Waals surface area (Å²) >= 11 is 13.5. The normalized spacial score (nSPS) is 10.6. The number of ether oxygens (including phenoxy) is 1. The Kier molecular flexibility index (Phi) is 6.20. The second kappa shape index (κ2) is 8.58. The molecule has 0 radical (unpaired) electrons. The largest absolute Gasteiger partial charge is 0.489 e. The summed E-state index contributed by atoms with van der Waals surface area (Å²) in [6, 6.07) is 14.8. The van der Waals surface area contributed by atoms with Gasteiger partial charge in [-0.2, -0.15) is 0 Å². The van der Waals surface area contributed by atoms with E-state index in [9.17, 15) is 4.79 Å². The van der Waals surface area contributed by atoms with E-state index in [4.69, 9.17) is 27.9 Å². The average molecular weight is 406 g/mol. The van der Waals surface area contributed by atoms with Crippen molar-refractivity contribution in [2.45, 2.75) is 20.1 Å². The molecule has 0 aliphatic carbocycles. The third kappa shape index (κ3) is 4.79. The number of aryl methyl sites for hydroxylation is 1. The Hall–Kier alpha value is -2.01. The summed E-state index contributed by atoms with van der Waals surface area (Å²) in [4.78, 5) is 12.9. The lowest BCUT2D eigenvalue weighted by Gasteiger charge is -2.07. The molecule has 0 fully saturated rings. The van der Waals surface area contributed by atoms with Crippen LogP contribution in [0.4, 0.5) is 0 Å². The smallest absolute Gasteiger partial charge is 0.261 e. The van der Waals surface area contributed by atoms with Gasteiger partial charge >= 0.3 is 0 Å². The number of halogens is 2. The van der Waals surface area contributed by atoms with E-state index in [0.717, 1.165) is 22.4 Å². The van der Waals surface area contributed by atoms with Crippen LogP contribution in [0.25, 0.3) is 0 Å². The van der Waals surface area contributed by atoms with Crippen LogP contribution in [0.3, 0.4) is 0 Å². The Morgan fingerprint density at radius 2 is 1.92 bits per heavy atom. The number of carbonyl (C=O) groups is 1. The topological polar surface area (TPSA) is 38.3 Å². The van der Waals surface area contributed by atoms with E-state index in [1.807, 2.05) is 60.8 Å². The van der Waals surface area contributed by atoms with Crippen molar-refractivity contribution in [2.24, 2.45) is 0 Å². The number of benzene rings is 2. The van der Waals surface area contributed by atoms with E-state index in [0.29, 0.717) is 28.1 Å². The number of amides is 1. The third-order valence-corrected chi connectivity index (χ3v) is 5.58. The molecule has 1 aromatic heterocycles. The van der Waals surface area contributed by atoms with Gasteiger partial charge in [0, 0.05) is 22.2 Å². The molecule has 3 nitrogen and oxygen atoms in total. The van der Waals surface area contributed by atoms with Crippen LogP contribution in [0.15, 0.2) is 53.9 Å². The van der Waals surface area contributed by atoms with Crippen molar-refractivity contribution in [3.63, 3.8) is 0 Å². The quantitative estimate of drug-likeness (QED) is 0.556. The highest BCUT2D eigenvalue weighted by Gasteiger charge is 2.10. The van der Waals surface area contributed by atoms with Gasteiger partial charge in [-0.05, 0) is 53.8 Å². The number of carbonyl (C=O) groups excluding carboxylic acids is 1. The van der Waals surface area contributed by atoms with E-state index in [1.54, 1.807) is 0 Å². The minimum atomic E-state index is -0.122. The fraction of sp³-hybridized carbons (Fsp3) is 0.150. The van der Waals surface area contributed by atoms with Crippen LogP contribution in [0.5, 0.6) is 5.75 Å². The van der Waals surface area contributed by atoms with Gasteiger partial charge in [0.25, 0.3) is 5.91 Å².